The van der Waals surface area contributed by atoms with Crippen LogP contribution in [-0.4, -0.2) is 42.6 Å². The zero-order valence-electron chi connectivity index (χ0n) is 11.9. The minimum absolute atomic E-state index is 0.0158. The van der Waals surface area contributed by atoms with Crippen LogP contribution in [0.5, 0.6) is 0 Å². The maximum Gasteiger partial charge on any atom is 0.407 e. The number of amides is 2. The Balaban J connectivity index is 2.82. The van der Waals surface area contributed by atoms with Gasteiger partial charge in [-0.2, -0.15) is 0 Å². The Kier molecular flexibility index (Phi) is 4.59. The van der Waals surface area contributed by atoms with Crippen LogP contribution in [0.25, 0.3) is 0 Å². The predicted octanol–water partition coefficient (Wildman–Crippen LogP) is 1.77. The average Bonchev–Trinajstić information content (AvgIpc) is 2.69. The van der Waals surface area contributed by atoms with Crippen molar-refractivity contribution in [1.29, 1.82) is 0 Å². The largest absolute Gasteiger partial charge is 0.453 e. The van der Waals surface area contributed by atoms with E-state index in [2.05, 4.69) is 10.1 Å². The molecule has 0 bridgehead atoms. The minimum atomic E-state index is -0.560. The Bertz CT molecular complexity index is 323. The highest BCUT2D eigenvalue weighted by Gasteiger charge is 2.38. The zero-order chi connectivity index (χ0) is 13.9. The summed E-state index contributed by atoms with van der Waals surface area (Å²) < 4.78 is 4.59. The van der Waals surface area contributed by atoms with Crippen LogP contribution in [0.4, 0.5) is 4.79 Å². The fraction of sp³-hybridized carbons (Fsp3) is 0.846. The summed E-state index contributed by atoms with van der Waals surface area (Å²) in [7, 11) is 1.30. The number of carbonyl (C=O) groups is 2. The molecule has 2 amide bonds. The van der Waals surface area contributed by atoms with Gasteiger partial charge in [0.25, 0.3) is 0 Å². The van der Waals surface area contributed by atoms with E-state index in [1.807, 2.05) is 32.6 Å². The van der Waals surface area contributed by atoms with E-state index in [1.165, 1.54) is 7.11 Å². The normalized spacial score (nSPS) is 21.6. The molecule has 0 aromatic carbocycles. The van der Waals surface area contributed by atoms with Crippen molar-refractivity contribution in [3.05, 3.63) is 0 Å². The number of hydrogen-bond donors (Lipinski definition) is 1. The summed E-state index contributed by atoms with van der Waals surface area (Å²) >= 11 is 0. The number of alkyl carbamates (subject to hydrolysis) is 1. The average molecular weight is 256 g/mol. The van der Waals surface area contributed by atoms with Crippen LogP contribution in [0, 0.1) is 5.41 Å². The van der Waals surface area contributed by atoms with Gasteiger partial charge in [0.1, 0.15) is 6.04 Å². The van der Waals surface area contributed by atoms with E-state index in [4.69, 9.17) is 0 Å². The monoisotopic (exact) mass is 256 g/mol. The molecule has 1 rings (SSSR count). The Hall–Kier alpha value is -1.26. The van der Waals surface area contributed by atoms with Crippen molar-refractivity contribution in [2.45, 2.75) is 52.6 Å². The summed E-state index contributed by atoms with van der Waals surface area (Å²) in [6, 6.07) is -0.299. The van der Waals surface area contributed by atoms with Crippen molar-refractivity contribution in [2.24, 2.45) is 5.41 Å². The Morgan fingerprint density at radius 3 is 2.39 bits per heavy atom. The fourth-order valence-corrected chi connectivity index (χ4v) is 2.25. The van der Waals surface area contributed by atoms with E-state index in [0.717, 1.165) is 19.4 Å². The van der Waals surface area contributed by atoms with Crippen molar-refractivity contribution in [3.8, 4) is 0 Å². The molecule has 1 heterocycles. The number of ether oxygens (including phenoxy) is 1. The minimum Gasteiger partial charge on any atom is -0.453 e. The molecule has 1 saturated heterocycles. The van der Waals surface area contributed by atoms with Gasteiger partial charge in [0.15, 0.2) is 0 Å². The molecule has 1 fully saturated rings. The van der Waals surface area contributed by atoms with Crippen LogP contribution in [0.2, 0.25) is 0 Å². The first-order valence-electron chi connectivity index (χ1n) is 6.42. The quantitative estimate of drug-likeness (QED) is 0.819. The molecule has 1 N–H and O–H groups in total. The van der Waals surface area contributed by atoms with Gasteiger partial charge in [0.2, 0.25) is 5.91 Å². The summed E-state index contributed by atoms with van der Waals surface area (Å²) in [6.45, 7) is 8.63. The lowest BCUT2D eigenvalue weighted by Gasteiger charge is -2.34. The molecule has 5 heteroatoms. The SMILES string of the molecule is COC(=O)N[C@H](C(=O)N1CCC[C@H]1C)C(C)(C)C. The maximum atomic E-state index is 12.5. The highest BCUT2D eigenvalue weighted by Crippen LogP contribution is 2.25. The molecule has 0 aromatic rings. The first-order valence-corrected chi connectivity index (χ1v) is 6.42. The second kappa shape index (κ2) is 5.59. The lowest BCUT2D eigenvalue weighted by atomic mass is 9.85. The summed E-state index contributed by atoms with van der Waals surface area (Å²) in [5.41, 5.74) is -0.340. The Morgan fingerprint density at radius 2 is 2.00 bits per heavy atom. The van der Waals surface area contributed by atoms with Crippen LogP contribution < -0.4 is 5.32 Å². The fourth-order valence-electron chi connectivity index (χ4n) is 2.25. The predicted molar refractivity (Wildman–Crippen MR) is 69.2 cm³/mol. The van der Waals surface area contributed by atoms with Gasteiger partial charge < -0.3 is 15.0 Å². The first kappa shape index (κ1) is 14.8. The molecular formula is C13H24N2O3. The van der Waals surface area contributed by atoms with E-state index < -0.39 is 12.1 Å². The third kappa shape index (κ3) is 3.37. The zero-order valence-corrected chi connectivity index (χ0v) is 11.9. The van der Waals surface area contributed by atoms with Gasteiger partial charge in [-0.1, -0.05) is 20.8 Å². The first-order chi connectivity index (χ1) is 8.27. The molecule has 1 aliphatic rings. The number of carbonyl (C=O) groups excluding carboxylic acids is 2. The lowest BCUT2D eigenvalue weighted by Crippen LogP contribution is -2.55. The molecule has 1 aliphatic heterocycles. The van der Waals surface area contributed by atoms with Crippen LogP contribution in [0.15, 0.2) is 0 Å². The van der Waals surface area contributed by atoms with E-state index in [9.17, 15) is 9.59 Å². The van der Waals surface area contributed by atoms with Gasteiger partial charge in [-0.3, -0.25) is 4.79 Å². The molecule has 104 valence electrons. The second-order valence-electron chi connectivity index (χ2n) is 5.96. The Labute approximate surface area is 109 Å². The van der Waals surface area contributed by atoms with Crippen LogP contribution >= 0.6 is 0 Å². The van der Waals surface area contributed by atoms with Crippen molar-refractivity contribution >= 4 is 12.0 Å². The Morgan fingerprint density at radius 1 is 1.39 bits per heavy atom. The van der Waals surface area contributed by atoms with E-state index >= 15 is 0 Å². The molecule has 0 aliphatic carbocycles. The number of nitrogens with one attached hydrogen (secondary N) is 1. The standard InChI is InChI=1S/C13H24N2O3/c1-9-7-6-8-15(9)11(16)10(13(2,3)4)14-12(17)18-5/h9-10H,6-8H2,1-5H3,(H,14,17)/t9-,10-/m1/s1. The molecule has 0 unspecified atom stereocenters. The van der Waals surface area contributed by atoms with Crippen molar-refractivity contribution in [1.82, 2.24) is 10.2 Å². The van der Waals surface area contributed by atoms with Crippen LogP contribution in [0.1, 0.15) is 40.5 Å². The van der Waals surface area contributed by atoms with Gasteiger partial charge >= 0.3 is 6.09 Å². The van der Waals surface area contributed by atoms with Crippen molar-refractivity contribution in [2.75, 3.05) is 13.7 Å². The number of rotatable bonds is 2. The third-order valence-corrected chi connectivity index (χ3v) is 3.40. The molecule has 5 nitrogen and oxygen atoms in total. The number of methoxy groups -OCH3 is 1. The van der Waals surface area contributed by atoms with Crippen LogP contribution in [-0.2, 0) is 9.53 Å². The maximum absolute atomic E-state index is 12.5. The van der Waals surface area contributed by atoms with E-state index in [-0.39, 0.29) is 17.4 Å². The van der Waals surface area contributed by atoms with Gasteiger partial charge in [-0.25, -0.2) is 4.79 Å². The number of hydrogen-bond acceptors (Lipinski definition) is 3. The topological polar surface area (TPSA) is 58.6 Å². The second-order valence-corrected chi connectivity index (χ2v) is 5.96. The number of nitrogens with zero attached hydrogens (tertiary/aromatic N) is 1. The number of likely N-dealkylation sites (tertiary alicyclic amines) is 1. The molecule has 0 radical (unpaired) electrons. The highest BCUT2D eigenvalue weighted by atomic mass is 16.5. The summed E-state index contributed by atoms with van der Waals surface area (Å²) in [5.74, 6) is -0.0158. The highest BCUT2D eigenvalue weighted by molar-refractivity contribution is 5.86. The lowest BCUT2D eigenvalue weighted by molar-refractivity contribution is -0.136. The van der Waals surface area contributed by atoms with Crippen molar-refractivity contribution < 1.29 is 14.3 Å². The van der Waals surface area contributed by atoms with Crippen LogP contribution in [0.3, 0.4) is 0 Å². The third-order valence-electron chi connectivity index (χ3n) is 3.40. The molecule has 0 saturated carbocycles. The molecule has 0 aromatic heterocycles. The van der Waals surface area contributed by atoms with Gasteiger partial charge in [0, 0.05) is 12.6 Å². The van der Waals surface area contributed by atoms with E-state index in [1.54, 1.807) is 0 Å². The smallest absolute Gasteiger partial charge is 0.407 e. The van der Waals surface area contributed by atoms with Crippen molar-refractivity contribution in [3.63, 3.8) is 0 Å². The van der Waals surface area contributed by atoms with Gasteiger partial charge in [-0.05, 0) is 25.2 Å². The summed E-state index contributed by atoms with van der Waals surface area (Å²) in [5, 5.41) is 2.65. The summed E-state index contributed by atoms with van der Waals surface area (Å²) in [6.07, 6.45) is 1.50. The van der Waals surface area contributed by atoms with E-state index in [0.29, 0.717) is 0 Å². The molecule has 18 heavy (non-hydrogen) atoms. The molecular weight excluding hydrogens is 232 g/mol. The van der Waals surface area contributed by atoms with Gasteiger partial charge in [0.05, 0.1) is 7.11 Å². The molecule has 2 atom stereocenters. The van der Waals surface area contributed by atoms with Gasteiger partial charge in [-0.15, -0.1) is 0 Å². The molecule has 0 spiro atoms. The summed E-state index contributed by atoms with van der Waals surface area (Å²) in [4.78, 5) is 25.7.